The Balaban J connectivity index is 1.53. The summed E-state index contributed by atoms with van der Waals surface area (Å²) in [5.74, 6) is 0.166. The molecule has 1 amide bonds. The monoisotopic (exact) mass is 318 g/mol. The van der Waals surface area contributed by atoms with Gasteiger partial charge in [0.25, 0.3) is 5.91 Å². The number of benzene rings is 1. The summed E-state index contributed by atoms with van der Waals surface area (Å²) in [5.41, 5.74) is 1.48. The molecule has 0 aromatic heterocycles. The Morgan fingerprint density at radius 1 is 1.26 bits per heavy atom. The van der Waals surface area contributed by atoms with Crippen LogP contribution in [0.3, 0.4) is 0 Å². The Labute approximate surface area is 136 Å². The lowest BCUT2D eigenvalue weighted by molar-refractivity contribution is -0.132. The van der Waals surface area contributed by atoms with E-state index < -0.39 is 6.10 Å². The Morgan fingerprint density at radius 2 is 1.96 bits per heavy atom. The molecule has 1 fully saturated rings. The quantitative estimate of drug-likeness (QED) is 0.925. The van der Waals surface area contributed by atoms with E-state index in [9.17, 15) is 9.18 Å². The summed E-state index contributed by atoms with van der Waals surface area (Å²) in [6.07, 6.45) is 6.02. The molecule has 2 atom stereocenters. The molecule has 1 aliphatic heterocycles. The Kier molecular flexibility index (Phi) is 4.94. The standard InChI is InChI=1S/C18H23FN2O2/c1-12(13-5-3-2-4-6-13)20-18(22)17-11-16(21-23-17)14-7-9-15(19)10-8-14/h7-10,12-13,17H,2-6,11H2,1H3,(H,20,22). The molecule has 3 rings (SSSR count). The SMILES string of the molecule is CC(NC(=O)C1CC(c2ccc(F)cc2)=NO1)C1CCCCC1. The van der Waals surface area contributed by atoms with E-state index in [0.29, 0.717) is 18.1 Å². The third-order valence-corrected chi connectivity index (χ3v) is 4.87. The minimum atomic E-state index is -0.582. The third-order valence-electron chi connectivity index (χ3n) is 4.87. The van der Waals surface area contributed by atoms with E-state index in [-0.39, 0.29) is 17.8 Å². The summed E-state index contributed by atoms with van der Waals surface area (Å²) >= 11 is 0. The average Bonchev–Trinajstić information content (AvgIpc) is 3.06. The molecule has 2 unspecified atom stereocenters. The van der Waals surface area contributed by atoms with Gasteiger partial charge in [-0.2, -0.15) is 0 Å². The van der Waals surface area contributed by atoms with Crippen molar-refractivity contribution < 1.29 is 14.0 Å². The number of nitrogens with one attached hydrogen (secondary N) is 1. The van der Waals surface area contributed by atoms with E-state index in [1.54, 1.807) is 12.1 Å². The van der Waals surface area contributed by atoms with Crippen molar-refractivity contribution in [2.45, 2.75) is 57.6 Å². The largest absolute Gasteiger partial charge is 0.382 e. The maximum absolute atomic E-state index is 13.0. The van der Waals surface area contributed by atoms with Crippen molar-refractivity contribution in [1.29, 1.82) is 0 Å². The van der Waals surface area contributed by atoms with Crippen LogP contribution < -0.4 is 5.32 Å². The second kappa shape index (κ2) is 7.11. The minimum Gasteiger partial charge on any atom is -0.382 e. The zero-order valence-electron chi connectivity index (χ0n) is 13.4. The molecule has 2 aliphatic rings. The van der Waals surface area contributed by atoms with Crippen molar-refractivity contribution in [2.24, 2.45) is 11.1 Å². The Morgan fingerprint density at radius 3 is 2.65 bits per heavy atom. The average molecular weight is 318 g/mol. The van der Waals surface area contributed by atoms with Gasteiger partial charge in [0.2, 0.25) is 6.10 Å². The van der Waals surface area contributed by atoms with Crippen molar-refractivity contribution >= 4 is 11.6 Å². The molecule has 124 valence electrons. The fraction of sp³-hybridized carbons (Fsp3) is 0.556. The first kappa shape index (κ1) is 16.0. The molecular weight excluding hydrogens is 295 g/mol. The summed E-state index contributed by atoms with van der Waals surface area (Å²) in [4.78, 5) is 17.6. The molecule has 23 heavy (non-hydrogen) atoms. The van der Waals surface area contributed by atoms with Gasteiger partial charge in [0.15, 0.2) is 0 Å². The molecule has 5 heteroatoms. The highest BCUT2D eigenvalue weighted by molar-refractivity contribution is 6.04. The molecule has 4 nitrogen and oxygen atoms in total. The van der Waals surface area contributed by atoms with Crippen LogP contribution in [0.4, 0.5) is 4.39 Å². The van der Waals surface area contributed by atoms with Crippen molar-refractivity contribution in [3.63, 3.8) is 0 Å². The van der Waals surface area contributed by atoms with E-state index in [4.69, 9.17) is 4.84 Å². The van der Waals surface area contributed by atoms with Crippen LogP contribution in [-0.4, -0.2) is 23.8 Å². The Bertz CT molecular complexity index is 579. The number of hydrogen-bond acceptors (Lipinski definition) is 3. The molecule has 1 aromatic rings. The fourth-order valence-electron chi connectivity index (χ4n) is 3.40. The van der Waals surface area contributed by atoms with Crippen molar-refractivity contribution in [3.05, 3.63) is 35.6 Å². The van der Waals surface area contributed by atoms with Crippen LogP contribution in [0.15, 0.2) is 29.4 Å². The normalized spacial score (nSPS) is 23.0. The van der Waals surface area contributed by atoms with Crippen LogP contribution in [0, 0.1) is 11.7 Å². The molecule has 0 radical (unpaired) electrons. The molecule has 0 saturated heterocycles. The van der Waals surface area contributed by atoms with Crippen LogP contribution in [-0.2, 0) is 9.63 Å². The van der Waals surface area contributed by atoms with E-state index in [1.807, 2.05) is 0 Å². The number of nitrogens with zero attached hydrogens (tertiary/aromatic N) is 1. The van der Waals surface area contributed by atoms with Crippen LogP contribution in [0.2, 0.25) is 0 Å². The topological polar surface area (TPSA) is 50.7 Å². The van der Waals surface area contributed by atoms with Gasteiger partial charge in [0, 0.05) is 12.5 Å². The number of oxime groups is 1. The summed E-state index contributed by atoms with van der Waals surface area (Å²) < 4.78 is 13.0. The molecule has 1 heterocycles. The van der Waals surface area contributed by atoms with Gasteiger partial charge in [-0.05, 0) is 43.4 Å². The second-order valence-electron chi connectivity index (χ2n) is 6.54. The number of halogens is 1. The highest BCUT2D eigenvalue weighted by Crippen LogP contribution is 2.26. The first-order chi connectivity index (χ1) is 11.1. The summed E-state index contributed by atoms with van der Waals surface area (Å²) in [7, 11) is 0. The van der Waals surface area contributed by atoms with Crippen molar-refractivity contribution in [2.75, 3.05) is 0 Å². The number of carbonyl (C=O) groups is 1. The van der Waals surface area contributed by atoms with Crippen LogP contribution in [0.5, 0.6) is 0 Å². The van der Waals surface area contributed by atoms with Crippen LogP contribution in [0.1, 0.15) is 51.0 Å². The molecule has 1 aliphatic carbocycles. The van der Waals surface area contributed by atoms with Gasteiger partial charge in [-0.1, -0.05) is 36.6 Å². The smallest absolute Gasteiger partial charge is 0.264 e. The lowest BCUT2D eigenvalue weighted by Gasteiger charge is -2.28. The Hall–Kier alpha value is -1.91. The zero-order chi connectivity index (χ0) is 16.2. The van der Waals surface area contributed by atoms with Gasteiger partial charge in [-0.15, -0.1) is 0 Å². The second-order valence-corrected chi connectivity index (χ2v) is 6.54. The lowest BCUT2D eigenvalue weighted by atomic mass is 9.84. The van der Waals surface area contributed by atoms with E-state index in [2.05, 4.69) is 17.4 Å². The third kappa shape index (κ3) is 3.89. The first-order valence-electron chi connectivity index (χ1n) is 8.42. The van der Waals surface area contributed by atoms with Gasteiger partial charge in [-0.3, -0.25) is 4.79 Å². The van der Waals surface area contributed by atoms with E-state index >= 15 is 0 Å². The van der Waals surface area contributed by atoms with Crippen molar-refractivity contribution in [3.8, 4) is 0 Å². The predicted molar refractivity (Wildman–Crippen MR) is 86.6 cm³/mol. The van der Waals surface area contributed by atoms with Gasteiger partial charge in [-0.25, -0.2) is 4.39 Å². The van der Waals surface area contributed by atoms with Gasteiger partial charge in [0.05, 0.1) is 5.71 Å². The molecule has 1 N–H and O–H groups in total. The highest BCUT2D eigenvalue weighted by atomic mass is 19.1. The predicted octanol–water partition coefficient (Wildman–Crippen LogP) is 3.40. The maximum Gasteiger partial charge on any atom is 0.264 e. The van der Waals surface area contributed by atoms with Crippen LogP contribution in [0.25, 0.3) is 0 Å². The number of hydrogen-bond donors (Lipinski definition) is 1. The molecule has 1 saturated carbocycles. The van der Waals surface area contributed by atoms with Gasteiger partial charge < -0.3 is 10.2 Å². The lowest BCUT2D eigenvalue weighted by Crippen LogP contribution is -2.44. The summed E-state index contributed by atoms with van der Waals surface area (Å²) in [5, 5.41) is 7.07. The number of amides is 1. The highest BCUT2D eigenvalue weighted by Gasteiger charge is 2.31. The minimum absolute atomic E-state index is 0.107. The molecular formula is C18H23FN2O2. The first-order valence-corrected chi connectivity index (χ1v) is 8.42. The van der Waals surface area contributed by atoms with Gasteiger partial charge in [0.1, 0.15) is 5.82 Å². The molecule has 0 bridgehead atoms. The van der Waals surface area contributed by atoms with E-state index in [1.165, 1.54) is 44.2 Å². The van der Waals surface area contributed by atoms with E-state index in [0.717, 1.165) is 5.56 Å². The molecule has 0 spiro atoms. The zero-order valence-corrected chi connectivity index (χ0v) is 13.4. The van der Waals surface area contributed by atoms with Crippen molar-refractivity contribution in [1.82, 2.24) is 5.32 Å². The summed E-state index contributed by atoms with van der Waals surface area (Å²) in [6, 6.07) is 6.25. The van der Waals surface area contributed by atoms with Crippen LogP contribution >= 0.6 is 0 Å². The molecule has 1 aromatic carbocycles. The number of carbonyl (C=O) groups excluding carboxylic acids is 1. The summed E-state index contributed by atoms with van der Waals surface area (Å²) in [6.45, 7) is 2.07. The fourth-order valence-corrected chi connectivity index (χ4v) is 3.40. The maximum atomic E-state index is 13.0. The number of rotatable bonds is 4. The van der Waals surface area contributed by atoms with Gasteiger partial charge >= 0.3 is 0 Å².